The van der Waals surface area contributed by atoms with E-state index >= 15 is 0 Å². The fraction of sp³-hybridized carbons (Fsp3) is 0.429. The summed E-state index contributed by atoms with van der Waals surface area (Å²) in [5.74, 6) is -0.00874. The van der Waals surface area contributed by atoms with Crippen LogP contribution in [0.1, 0.15) is 5.56 Å². The Kier molecular flexibility index (Phi) is 3.56. The van der Waals surface area contributed by atoms with Crippen molar-refractivity contribution >= 4 is 12.0 Å². The molecule has 2 aliphatic rings. The van der Waals surface area contributed by atoms with Crippen LogP contribution in [0.25, 0.3) is 0 Å². The average molecular weight is 275 g/mol. The van der Waals surface area contributed by atoms with Crippen molar-refractivity contribution in [2.75, 3.05) is 26.3 Å². The molecule has 3 rings (SSSR count). The van der Waals surface area contributed by atoms with Gasteiger partial charge < -0.3 is 15.0 Å². The molecule has 2 amide bonds. The lowest BCUT2D eigenvalue weighted by Gasteiger charge is -2.34. The maximum Gasteiger partial charge on any atom is 0.410 e. The first-order valence-electron chi connectivity index (χ1n) is 6.71. The van der Waals surface area contributed by atoms with Crippen LogP contribution >= 0.6 is 0 Å². The largest absolute Gasteiger partial charge is 0.445 e. The molecule has 106 valence electrons. The highest BCUT2D eigenvalue weighted by atomic mass is 16.6. The fourth-order valence-electron chi connectivity index (χ4n) is 2.53. The zero-order chi connectivity index (χ0) is 13.9. The van der Waals surface area contributed by atoms with E-state index in [0.717, 1.165) is 5.56 Å². The minimum absolute atomic E-state index is 0.00874. The molecule has 6 nitrogen and oxygen atoms in total. The molecule has 20 heavy (non-hydrogen) atoms. The van der Waals surface area contributed by atoms with Gasteiger partial charge in [0.1, 0.15) is 12.6 Å². The Morgan fingerprint density at radius 1 is 1.30 bits per heavy atom. The van der Waals surface area contributed by atoms with Gasteiger partial charge in [-0.1, -0.05) is 30.3 Å². The summed E-state index contributed by atoms with van der Waals surface area (Å²) in [7, 11) is 0. The number of carbonyl (C=O) groups excluding carboxylic acids is 2. The standard InChI is InChI=1S/C14H17N3O3/c18-13-12-8-16(6-7-17(12)10-15-13)14(19)20-9-11-4-2-1-3-5-11/h1-5,12H,6-10H2,(H,15,18). The third-order valence-electron chi connectivity index (χ3n) is 3.71. The Labute approximate surface area is 117 Å². The van der Waals surface area contributed by atoms with Crippen LogP contribution in [0, 0.1) is 0 Å². The Bertz CT molecular complexity index is 506. The highest BCUT2D eigenvalue weighted by Crippen LogP contribution is 2.14. The van der Waals surface area contributed by atoms with Crippen molar-refractivity contribution in [1.29, 1.82) is 0 Å². The van der Waals surface area contributed by atoms with Crippen molar-refractivity contribution in [2.24, 2.45) is 0 Å². The number of hydrogen-bond donors (Lipinski definition) is 1. The molecule has 2 saturated heterocycles. The van der Waals surface area contributed by atoms with E-state index < -0.39 is 0 Å². The highest BCUT2D eigenvalue weighted by molar-refractivity contribution is 5.84. The van der Waals surface area contributed by atoms with Crippen LogP contribution in [-0.4, -0.2) is 54.1 Å². The molecule has 0 aliphatic carbocycles. The second-order valence-corrected chi connectivity index (χ2v) is 5.01. The molecule has 0 spiro atoms. The van der Waals surface area contributed by atoms with Crippen LogP contribution in [0.2, 0.25) is 0 Å². The lowest BCUT2D eigenvalue weighted by atomic mass is 10.2. The van der Waals surface area contributed by atoms with Crippen LogP contribution in [0.4, 0.5) is 4.79 Å². The molecule has 1 aromatic rings. The topological polar surface area (TPSA) is 61.9 Å². The van der Waals surface area contributed by atoms with Crippen molar-refractivity contribution < 1.29 is 14.3 Å². The number of rotatable bonds is 2. The smallest absolute Gasteiger partial charge is 0.410 e. The monoisotopic (exact) mass is 275 g/mol. The lowest BCUT2D eigenvalue weighted by Crippen LogP contribution is -2.54. The van der Waals surface area contributed by atoms with Gasteiger partial charge in [-0.25, -0.2) is 4.79 Å². The zero-order valence-electron chi connectivity index (χ0n) is 11.1. The van der Waals surface area contributed by atoms with Gasteiger partial charge in [0.05, 0.1) is 6.67 Å². The van der Waals surface area contributed by atoms with Crippen molar-refractivity contribution in [3.8, 4) is 0 Å². The Morgan fingerprint density at radius 3 is 2.90 bits per heavy atom. The van der Waals surface area contributed by atoms with E-state index in [4.69, 9.17) is 4.74 Å². The normalized spacial score (nSPS) is 22.3. The molecule has 6 heteroatoms. The number of amides is 2. The molecule has 0 aromatic heterocycles. The number of benzene rings is 1. The van der Waals surface area contributed by atoms with Gasteiger partial charge in [-0.05, 0) is 5.56 Å². The molecule has 1 N–H and O–H groups in total. The number of ether oxygens (including phenoxy) is 1. The third kappa shape index (κ3) is 2.60. The number of nitrogens with one attached hydrogen (secondary N) is 1. The summed E-state index contributed by atoms with van der Waals surface area (Å²) in [5.41, 5.74) is 0.957. The Hall–Kier alpha value is -2.08. The number of fused-ring (bicyclic) bond motifs is 1. The molecule has 0 radical (unpaired) electrons. The minimum Gasteiger partial charge on any atom is -0.445 e. The van der Waals surface area contributed by atoms with Gasteiger partial charge in [0.2, 0.25) is 5.91 Å². The Morgan fingerprint density at radius 2 is 2.10 bits per heavy atom. The van der Waals surface area contributed by atoms with Crippen molar-refractivity contribution in [1.82, 2.24) is 15.1 Å². The van der Waals surface area contributed by atoms with Crippen LogP contribution in [-0.2, 0) is 16.1 Å². The van der Waals surface area contributed by atoms with E-state index in [1.165, 1.54) is 0 Å². The number of piperazine rings is 1. The molecule has 1 unspecified atom stereocenters. The van der Waals surface area contributed by atoms with Crippen LogP contribution in [0.15, 0.2) is 30.3 Å². The second-order valence-electron chi connectivity index (χ2n) is 5.01. The van der Waals surface area contributed by atoms with Gasteiger partial charge >= 0.3 is 6.09 Å². The first kappa shape index (κ1) is 12.9. The predicted octanol–water partition coefficient (Wildman–Crippen LogP) is 0.397. The summed E-state index contributed by atoms with van der Waals surface area (Å²) < 4.78 is 5.29. The van der Waals surface area contributed by atoms with Gasteiger partial charge in [0, 0.05) is 19.6 Å². The fourth-order valence-corrected chi connectivity index (χ4v) is 2.53. The van der Waals surface area contributed by atoms with E-state index in [9.17, 15) is 9.59 Å². The number of nitrogens with zero attached hydrogens (tertiary/aromatic N) is 2. The van der Waals surface area contributed by atoms with E-state index in [1.807, 2.05) is 35.2 Å². The van der Waals surface area contributed by atoms with Crippen molar-refractivity contribution in [2.45, 2.75) is 12.6 Å². The Balaban J connectivity index is 1.54. The van der Waals surface area contributed by atoms with E-state index in [2.05, 4.69) is 5.32 Å². The molecule has 2 fully saturated rings. The average Bonchev–Trinajstić information content (AvgIpc) is 2.87. The van der Waals surface area contributed by atoms with Crippen LogP contribution < -0.4 is 5.32 Å². The van der Waals surface area contributed by atoms with E-state index in [0.29, 0.717) is 26.3 Å². The van der Waals surface area contributed by atoms with Crippen molar-refractivity contribution in [3.63, 3.8) is 0 Å². The lowest BCUT2D eigenvalue weighted by molar-refractivity contribution is -0.122. The molecule has 2 aliphatic heterocycles. The summed E-state index contributed by atoms with van der Waals surface area (Å²) >= 11 is 0. The molecule has 1 atom stereocenters. The maximum absolute atomic E-state index is 12.0. The van der Waals surface area contributed by atoms with Gasteiger partial charge in [0.15, 0.2) is 0 Å². The molecule has 2 heterocycles. The van der Waals surface area contributed by atoms with E-state index in [-0.39, 0.29) is 24.6 Å². The number of carbonyl (C=O) groups is 2. The van der Waals surface area contributed by atoms with Gasteiger partial charge in [-0.15, -0.1) is 0 Å². The number of hydrogen-bond acceptors (Lipinski definition) is 4. The highest BCUT2D eigenvalue weighted by Gasteiger charge is 2.38. The maximum atomic E-state index is 12.0. The molecular weight excluding hydrogens is 258 g/mol. The third-order valence-corrected chi connectivity index (χ3v) is 3.71. The first-order valence-corrected chi connectivity index (χ1v) is 6.71. The molecule has 1 aromatic carbocycles. The summed E-state index contributed by atoms with van der Waals surface area (Å²) in [4.78, 5) is 27.3. The van der Waals surface area contributed by atoms with E-state index in [1.54, 1.807) is 4.90 Å². The second kappa shape index (κ2) is 5.50. The summed E-state index contributed by atoms with van der Waals surface area (Å²) in [5, 5.41) is 2.79. The first-order chi connectivity index (χ1) is 9.74. The summed E-state index contributed by atoms with van der Waals surface area (Å²) in [6, 6.07) is 9.33. The van der Waals surface area contributed by atoms with Crippen LogP contribution in [0.3, 0.4) is 0 Å². The molecule has 0 bridgehead atoms. The van der Waals surface area contributed by atoms with Gasteiger partial charge in [-0.3, -0.25) is 9.69 Å². The summed E-state index contributed by atoms with van der Waals surface area (Å²) in [6.07, 6.45) is -0.354. The predicted molar refractivity (Wildman–Crippen MR) is 71.7 cm³/mol. The SMILES string of the molecule is O=C1NCN2CCN(C(=O)OCc3ccccc3)CC12. The molecule has 0 saturated carbocycles. The van der Waals surface area contributed by atoms with Crippen molar-refractivity contribution in [3.05, 3.63) is 35.9 Å². The van der Waals surface area contributed by atoms with Gasteiger partial charge in [-0.2, -0.15) is 0 Å². The van der Waals surface area contributed by atoms with Gasteiger partial charge in [0.25, 0.3) is 0 Å². The minimum atomic E-state index is -0.354. The molecular formula is C14H17N3O3. The zero-order valence-corrected chi connectivity index (χ0v) is 11.1. The summed E-state index contributed by atoms with van der Waals surface area (Å²) in [6.45, 7) is 2.54. The quantitative estimate of drug-likeness (QED) is 0.848. The van der Waals surface area contributed by atoms with Crippen LogP contribution in [0.5, 0.6) is 0 Å².